The summed E-state index contributed by atoms with van der Waals surface area (Å²) < 4.78 is 4.40. The van der Waals surface area contributed by atoms with Gasteiger partial charge in [-0.15, -0.1) is 0 Å². The first kappa shape index (κ1) is 16.1. The van der Waals surface area contributed by atoms with Gasteiger partial charge in [-0.3, -0.25) is 19.9 Å². The molecule has 1 aliphatic heterocycles. The van der Waals surface area contributed by atoms with Crippen molar-refractivity contribution in [1.82, 2.24) is 5.06 Å². The lowest BCUT2D eigenvalue weighted by atomic mass is 10.2. The number of Topliss-reactive ketones (excluding diaryl/α,β-unsaturated/α-hetero) is 1. The number of methoxy groups -OCH3 is 1. The van der Waals surface area contributed by atoms with Gasteiger partial charge in [-0.05, 0) is 25.1 Å². The topological polar surface area (TPSA) is 111 Å². The summed E-state index contributed by atoms with van der Waals surface area (Å²) >= 11 is 0. The fraction of sp³-hybridized carbons (Fsp3) is 0.214. The molecule has 0 aromatic heterocycles. The Bertz CT molecular complexity index is 695. The smallest absolute Gasteiger partial charge is 0.378 e. The number of aliphatic imine (C=N–C) groups is 1. The Labute approximate surface area is 130 Å². The van der Waals surface area contributed by atoms with Crippen LogP contribution in [0.4, 0.5) is 5.69 Å². The predicted octanol–water partition coefficient (Wildman–Crippen LogP) is 1.25. The number of nitro benzene ring substituents is 1. The summed E-state index contributed by atoms with van der Waals surface area (Å²) in [6.07, 6.45) is 1.81. The van der Waals surface area contributed by atoms with E-state index in [0.717, 1.165) is 12.2 Å². The Morgan fingerprint density at radius 3 is 2.52 bits per heavy atom. The Morgan fingerprint density at radius 1 is 1.30 bits per heavy atom. The van der Waals surface area contributed by atoms with Gasteiger partial charge in [-0.25, -0.2) is 4.79 Å². The minimum atomic E-state index is -1.22. The third-order valence-corrected chi connectivity index (χ3v) is 2.91. The molecule has 0 saturated carbocycles. The van der Waals surface area contributed by atoms with Crippen LogP contribution < -0.4 is 4.84 Å². The highest BCUT2D eigenvalue weighted by Gasteiger charge is 2.33. The second-order valence-corrected chi connectivity index (χ2v) is 4.52. The zero-order valence-electron chi connectivity index (χ0n) is 12.3. The number of non-ortho nitro benzene ring substituents is 1. The van der Waals surface area contributed by atoms with Crippen LogP contribution in [0, 0.1) is 10.1 Å². The number of carbonyl (C=O) groups excluding carboxylic acids is 2. The van der Waals surface area contributed by atoms with Crippen molar-refractivity contribution in [3.05, 3.63) is 46.7 Å². The number of hydrogen-bond acceptors (Lipinski definition) is 8. The fourth-order valence-electron chi connectivity index (χ4n) is 1.77. The van der Waals surface area contributed by atoms with Crippen molar-refractivity contribution in [2.75, 3.05) is 7.11 Å². The van der Waals surface area contributed by atoms with Gasteiger partial charge < -0.3 is 9.57 Å². The van der Waals surface area contributed by atoms with E-state index in [1.54, 1.807) is 13.0 Å². The summed E-state index contributed by atoms with van der Waals surface area (Å²) in [6.45, 7) is 1.66. The summed E-state index contributed by atoms with van der Waals surface area (Å²) in [4.78, 5) is 43.0. The van der Waals surface area contributed by atoms with Gasteiger partial charge in [0.05, 0.1) is 12.0 Å². The minimum absolute atomic E-state index is 0.0948. The molecule has 0 aliphatic carbocycles. The third kappa shape index (κ3) is 3.70. The van der Waals surface area contributed by atoms with E-state index in [4.69, 9.17) is 4.84 Å². The van der Waals surface area contributed by atoms with Crippen molar-refractivity contribution < 1.29 is 24.1 Å². The molecule has 9 nitrogen and oxygen atoms in total. The van der Waals surface area contributed by atoms with E-state index >= 15 is 0 Å². The van der Waals surface area contributed by atoms with Gasteiger partial charge >= 0.3 is 5.97 Å². The molecule has 1 heterocycles. The molecule has 0 radical (unpaired) electrons. The molecule has 0 saturated heterocycles. The third-order valence-electron chi connectivity index (χ3n) is 2.91. The summed E-state index contributed by atoms with van der Waals surface area (Å²) in [6, 6.07) is 5.26. The molecular weight excluding hydrogens is 306 g/mol. The molecule has 0 spiro atoms. The van der Waals surface area contributed by atoms with Gasteiger partial charge in [0.25, 0.3) is 11.5 Å². The van der Waals surface area contributed by atoms with E-state index in [-0.39, 0.29) is 11.4 Å². The quantitative estimate of drug-likeness (QED) is 0.347. The molecular formula is C14H13N3O6. The second-order valence-electron chi connectivity index (χ2n) is 4.52. The number of hydroxylamine groups is 2. The number of nitrogens with zero attached hydrogens (tertiary/aromatic N) is 3. The highest BCUT2D eigenvalue weighted by atomic mass is 16.7. The first-order valence-corrected chi connectivity index (χ1v) is 6.48. The average molecular weight is 319 g/mol. The van der Waals surface area contributed by atoms with Gasteiger partial charge in [0.2, 0.25) is 6.17 Å². The molecule has 23 heavy (non-hydrogen) atoms. The van der Waals surface area contributed by atoms with Gasteiger partial charge in [0.1, 0.15) is 0 Å². The number of nitro groups is 1. The minimum Gasteiger partial charge on any atom is -0.463 e. The Morgan fingerprint density at radius 2 is 1.96 bits per heavy atom. The summed E-state index contributed by atoms with van der Waals surface area (Å²) in [5.41, 5.74) is 0.443. The highest BCUT2D eigenvalue weighted by molar-refractivity contribution is 6.35. The van der Waals surface area contributed by atoms with Gasteiger partial charge in [0.15, 0.2) is 5.75 Å². The SMILES string of the molecule is COC(=O)C(=O)C1N=C(C)C=CN1Oc1ccc([N+](=O)[O-])cc1. The standard InChI is InChI=1S/C14H13N3O6/c1-9-7-8-16(13(15-9)12(18)14(19)22-2)23-11-5-3-10(4-6-11)17(20)21/h3-8,13H,1-2H3. The Hall–Kier alpha value is -3.23. The van der Waals surface area contributed by atoms with Crippen molar-refractivity contribution in [1.29, 1.82) is 0 Å². The van der Waals surface area contributed by atoms with Crippen LogP contribution in [0.25, 0.3) is 0 Å². The van der Waals surface area contributed by atoms with Crippen LogP contribution in [0.2, 0.25) is 0 Å². The zero-order chi connectivity index (χ0) is 17.0. The van der Waals surface area contributed by atoms with Crippen LogP contribution in [0.1, 0.15) is 6.92 Å². The van der Waals surface area contributed by atoms with Gasteiger partial charge in [-0.2, -0.15) is 5.06 Å². The van der Waals surface area contributed by atoms with Gasteiger partial charge in [-0.1, -0.05) is 0 Å². The molecule has 2 rings (SSSR count). The van der Waals surface area contributed by atoms with Crippen molar-refractivity contribution in [3.8, 4) is 5.75 Å². The summed E-state index contributed by atoms with van der Waals surface area (Å²) in [5.74, 6) is -1.69. The van der Waals surface area contributed by atoms with Crippen LogP contribution in [-0.4, -0.2) is 40.7 Å². The number of benzene rings is 1. The van der Waals surface area contributed by atoms with E-state index < -0.39 is 22.8 Å². The second kappa shape index (κ2) is 6.69. The molecule has 120 valence electrons. The fourth-order valence-corrected chi connectivity index (χ4v) is 1.77. The largest absolute Gasteiger partial charge is 0.463 e. The molecule has 0 amide bonds. The molecule has 1 aliphatic rings. The lowest BCUT2D eigenvalue weighted by Crippen LogP contribution is -2.44. The van der Waals surface area contributed by atoms with Crippen molar-refractivity contribution in [2.24, 2.45) is 4.99 Å². The first-order chi connectivity index (χ1) is 10.9. The molecule has 1 aromatic rings. The predicted molar refractivity (Wildman–Crippen MR) is 78.6 cm³/mol. The molecule has 1 atom stereocenters. The molecule has 1 aromatic carbocycles. The zero-order valence-corrected chi connectivity index (χ0v) is 12.3. The van der Waals surface area contributed by atoms with E-state index in [0.29, 0.717) is 5.71 Å². The first-order valence-electron chi connectivity index (χ1n) is 6.48. The van der Waals surface area contributed by atoms with Crippen LogP contribution in [-0.2, 0) is 14.3 Å². The van der Waals surface area contributed by atoms with Crippen molar-refractivity contribution >= 4 is 23.2 Å². The summed E-state index contributed by atoms with van der Waals surface area (Å²) in [5, 5.41) is 11.7. The van der Waals surface area contributed by atoms with Gasteiger partial charge in [0, 0.05) is 24.0 Å². The number of ketones is 1. The maximum absolute atomic E-state index is 12.0. The molecule has 1 unspecified atom stereocenters. The van der Waals surface area contributed by atoms with E-state index in [2.05, 4.69) is 9.73 Å². The van der Waals surface area contributed by atoms with Crippen LogP contribution in [0.5, 0.6) is 5.75 Å². The number of hydrogen-bond donors (Lipinski definition) is 0. The molecule has 0 fully saturated rings. The van der Waals surface area contributed by atoms with Crippen molar-refractivity contribution in [2.45, 2.75) is 13.1 Å². The van der Waals surface area contributed by atoms with Crippen LogP contribution >= 0.6 is 0 Å². The van der Waals surface area contributed by atoms with E-state index in [9.17, 15) is 19.7 Å². The number of allylic oxidation sites excluding steroid dienone is 1. The molecule has 0 bridgehead atoms. The number of ether oxygens (including phenoxy) is 1. The maximum Gasteiger partial charge on any atom is 0.378 e. The number of rotatable bonds is 5. The lowest BCUT2D eigenvalue weighted by Gasteiger charge is -2.27. The van der Waals surface area contributed by atoms with E-state index in [1.807, 2.05) is 0 Å². The van der Waals surface area contributed by atoms with Crippen LogP contribution in [0.3, 0.4) is 0 Å². The van der Waals surface area contributed by atoms with Crippen molar-refractivity contribution in [3.63, 3.8) is 0 Å². The monoisotopic (exact) mass is 319 g/mol. The summed E-state index contributed by atoms with van der Waals surface area (Å²) in [7, 11) is 1.09. The Kier molecular flexibility index (Phi) is 4.69. The highest BCUT2D eigenvalue weighted by Crippen LogP contribution is 2.21. The molecule has 9 heteroatoms. The normalized spacial score (nSPS) is 16.5. The van der Waals surface area contributed by atoms with E-state index in [1.165, 1.54) is 30.5 Å². The lowest BCUT2D eigenvalue weighted by molar-refractivity contribution is -0.384. The Balaban J connectivity index is 2.19. The number of esters is 1. The number of carbonyl (C=O) groups is 2. The van der Waals surface area contributed by atoms with Crippen LogP contribution in [0.15, 0.2) is 41.5 Å². The maximum atomic E-state index is 12.0. The molecule has 0 N–H and O–H groups in total. The average Bonchev–Trinajstić information content (AvgIpc) is 2.55.